The van der Waals surface area contributed by atoms with Gasteiger partial charge in [-0.1, -0.05) is 12.1 Å². The van der Waals surface area contributed by atoms with Gasteiger partial charge in [0.2, 0.25) is 0 Å². The summed E-state index contributed by atoms with van der Waals surface area (Å²) in [7, 11) is 0. The van der Waals surface area contributed by atoms with E-state index in [-0.39, 0.29) is 5.91 Å². The molecule has 1 aliphatic rings. The topological polar surface area (TPSA) is 117 Å². The van der Waals surface area contributed by atoms with Crippen LogP contribution in [0.5, 0.6) is 5.75 Å². The van der Waals surface area contributed by atoms with E-state index in [1.807, 2.05) is 0 Å². The zero-order valence-corrected chi connectivity index (χ0v) is 12.8. The van der Waals surface area contributed by atoms with Crippen LogP contribution < -0.4 is 10.2 Å². The number of H-pyrrole nitrogens is 1. The van der Waals surface area contributed by atoms with E-state index in [4.69, 9.17) is 9.84 Å². The number of fused-ring (bicyclic) bond motifs is 1. The third-order valence-electron chi connectivity index (χ3n) is 3.66. The normalized spacial score (nSPS) is 13.0. The fourth-order valence-corrected chi connectivity index (χ4v) is 2.58. The highest BCUT2D eigenvalue weighted by Crippen LogP contribution is 2.22. The molecule has 1 aromatic heterocycles. The minimum absolute atomic E-state index is 0.370. The van der Waals surface area contributed by atoms with Gasteiger partial charge in [0, 0.05) is 16.8 Å². The highest BCUT2D eigenvalue weighted by molar-refractivity contribution is 5.95. The third kappa shape index (κ3) is 3.43. The molecule has 0 spiro atoms. The number of carbonyl (C=O) groups is 2. The van der Waals surface area contributed by atoms with Gasteiger partial charge in [-0.05, 0) is 31.4 Å². The van der Waals surface area contributed by atoms with Gasteiger partial charge in [0.15, 0.2) is 12.3 Å². The number of carbonyl (C=O) groups excluding carboxylic acids is 1. The quantitative estimate of drug-likeness (QED) is 0.543. The van der Waals surface area contributed by atoms with E-state index in [1.165, 1.54) is 6.21 Å². The summed E-state index contributed by atoms with van der Waals surface area (Å²) >= 11 is 0. The SMILES string of the molecule is O=C(O)COc1ccccc1C=NNC(=O)c1n[nH]c2c1CCC2. The number of aromatic nitrogens is 2. The highest BCUT2D eigenvalue weighted by atomic mass is 16.5. The van der Waals surface area contributed by atoms with E-state index < -0.39 is 12.6 Å². The summed E-state index contributed by atoms with van der Waals surface area (Å²) in [5.74, 6) is -1.07. The monoisotopic (exact) mass is 328 g/mol. The molecule has 0 bridgehead atoms. The molecule has 0 aliphatic heterocycles. The molecule has 1 amide bonds. The van der Waals surface area contributed by atoms with Crippen LogP contribution >= 0.6 is 0 Å². The van der Waals surface area contributed by atoms with Gasteiger partial charge in [-0.15, -0.1) is 0 Å². The van der Waals surface area contributed by atoms with Crippen molar-refractivity contribution in [1.29, 1.82) is 0 Å². The molecule has 1 aliphatic carbocycles. The Labute approximate surface area is 137 Å². The van der Waals surface area contributed by atoms with E-state index in [9.17, 15) is 9.59 Å². The molecule has 8 nitrogen and oxygen atoms in total. The fraction of sp³-hybridized carbons (Fsp3) is 0.250. The number of amides is 1. The molecular weight excluding hydrogens is 312 g/mol. The van der Waals surface area contributed by atoms with Crippen LogP contribution in [0, 0.1) is 0 Å². The van der Waals surface area contributed by atoms with Crippen LogP contribution in [-0.2, 0) is 17.6 Å². The molecule has 0 radical (unpaired) electrons. The van der Waals surface area contributed by atoms with Crippen molar-refractivity contribution in [3.63, 3.8) is 0 Å². The Morgan fingerprint density at radius 3 is 3.04 bits per heavy atom. The van der Waals surface area contributed by atoms with Gasteiger partial charge < -0.3 is 9.84 Å². The van der Waals surface area contributed by atoms with Crippen LogP contribution in [0.3, 0.4) is 0 Å². The Balaban J connectivity index is 1.66. The Bertz CT molecular complexity index is 797. The van der Waals surface area contributed by atoms with Crippen LogP contribution in [0.4, 0.5) is 0 Å². The lowest BCUT2D eigenvalue weighted by atomic mass is 10.2. The highest BCUT2D eigenvalue weighted by Gasteiger charge is 2.22. The Hall–Kier alpha value is -3.16. The molecule has 0 fully saturated rings. The molecule has 0 atom stereocenters. The van der Waals surface area contributed by atoms with Crippen molar-refractivity contribution in [2.75, 3.05) is 6.61 Å². The van der Waals surface area contributed by atoms with Crippen molar-refractivity contribution in [2.45, 2.75) is 19.3 Å². The minimum atomic E-state index is -1.07. The molecule has 8 heteroatoms. The van der Waals surface area contributed by atoms with Crippen LogP contribution in [0.15, 0.2) is 29.4 Å². The number of benzene rings is 1. The number of para-hydroxylation sites is 1. The lowest BCUT2D eigenvalue weighted by Gasteiger charge is -2.06. The molecule has 1 aromatic carbocycles. The van der Waals surface area contributed by atoms with Gasteiger partial charge in [0.25, 0.3) is 5.91 Å². The van der Waals surface area contributed by atoms with Crippen molar-refractivity contribution in [3.8, 4) is 5.75 Å². The van der Waals surface area contributed by atoms with Crippen LogP contribution in [0.1, 0.15) is 33.7 Å². The first-order valence-electron chi connectivity index (χ1n) is 7.48. The second-order valence-electron chi connectivity index (χ2n) is 5.30. The van der Waals surface area contributed by atoms with Gasteiger partial charge >= 0.3 is 5.97 Å². The van der Waals surface area contributed by atoms with Crippen LogP contribution in [-0.4, -0.2) is 40.0 Å². The van der Waals surface area contributed by atoms with E-state index in [1.54, 1.807) is 24.3 Å². The molecule has 24 heavy (non-hydrogen) atoms. The number of rotatable bonds is 6. The Morgan fingerprint density at radius 1 is 1.38 bits per heavy atom. The van der Waals surface area contributed by atoms with Gasteiger partial charge in [0.05, 0.1) is 6.21 Å². The van der Waals surface area contributed by atoms with Crippen LogP contribution in [0.2, 0.25) is 0 Å². The largest absolute Gasteiger partial charge is 0.481 e. The predicted molar refractivity (Wildman–Crippen MR) is 85.2 cm³/mol. The molecule has 1 heterocycles. The predicted octanol–water partition coefficient (Wildman–Crippen LogP) is 1.13. The van der Waals surface area contributed by atoms with Crippen molar-refractivity contribution in [2.24, 2.45) is 5.10 Å². The molecule has 124 valence electrons. The molecule has 0 unspecified atom stereocenters. The van der Waals surface area contributed by atoms with Crippen LogP contribution in [0.25, 0.3) is 0 Å². The summed E-state index contributed by atoms with van der Waals surface area (Å²) in [6.45, 7) is -0.448. The van der Waals surface area contributed by atoms with Gasteiger partial charge in [0.1, 0.15) is 5.75 Å². The first kappa shape index (κ1) is 15.7. The maximum absolute atomic E-state index is 12.1. The zero-order chi connectivity index (χ0) is 16.9. The maximum Gasteiger partial charge on any atom is 0.341 e. The second-order valence-corrected chi connectivity index (χ2v) is 5.30. The smallest absolute Gasteiger partial charge is 0.341 e. The van der Waals surface area contributed by atoms with Crippen molar-refractivity contribution in [3.05, 3.63) is 46.8 Å². The summed E-state index contributed by atoms with van der Waals surface area (Å²) in [6.07, 6.45) is 4.17. The number of nitrogens with zero attached hydrogens (tertiary/aromatic N) is 2. The first-order valence-corrected chi connectivity index (χ1v) is 7.48. The lowest BCUT2D eigenvalue weighted by molar-refractivity contribution is -0.139. The second kappa shape index (κ2) is 6.95. The average Bonchev–Trinajstić information content (AvgIpc) is 3.16. The van der Waals surface area contributed by atoms with Crippen molar-refractivity contribution < 1.29 is 19.4 Å². The Kier molecular flexibility index (Phi) is 4.55. The molecule has 2 aromatic rings. The Morgan fingerprint density at radius 2 is 2.21 bits per heavy atom. The summed E-state index contributed by atoms with van der Waals surface area (Å²) in [6, 6.07) is 6.82. The molecule has 0 saturated carbocycles. The zero-order valence-electron chi connectivity index (χ0n) is 12.8. The first-order chi connectivity index (χ1) is 11.6. The summed E-state index contributed by atoms with van der Waals surface area (Å²) in [5.41, 5.74) is 5.33. The number of carboxylic acid groups (broad SMARTS) is 1. The van der Waals surface area contributed by atoms with Gasteiger partial charge in [-0.2, -0.15) is 10.2 Å². The van der Waals surface area contributed by atoms with Gasteiger partial charge in [-0.3, -0.25) is 9.89 Å². The number of ether oxygens (including phenoxy) is 1. The van der Waals surface area contributed by atoms with E-state index in [2.05, 4.69) is 20.7 Å². The third-order valence-corrected chi connectivity index (χ3v) is 3.66. The lowest BCUT2D eigenvalue weighted by Crippen LogP contribution is -2.19. The number of hydrogen-bond acceptors (Lipinski definition) is 5. The number of aromatic amines is 1. The number of nitrogens with one attached hydrogen (secondary N) is 2. The number of aliphatic carboxylic acids is 1. The molecule has 0 saturated heterocycles. The summed E-state index contributed by atoms with van der Waals surface area (Å²) in [5, 5.41) is 19.5. The van der Waals surface area contributed by atoms with Crippen molar-refractivity contribution >= 4 is 18.1 Å². The summed E-state index contributed by atoms with van der Waals surface area (Å²) in [4.78, 5) is 22.7. The fourth-order valence-electron chi connectivity index (χ4n) is 2.58. The standard InChI is InChI=1S/C16H16N4O4/c21-14(22)9-24-13-7-2-1-4-10(13)8-17-20-16(23)15-11-5-3-6-12(11)18-19-15/h1-2,4,7-8H,3,5-6,9H2,(H,18,19)(H,20,23)(H,21,22). The number of hydrogen-bond donors (Lipinski definition) is 3. The van der Waals surface area contributed by atoms with E-state index in [0.717, 1.165) is 30.5 Å². The van der Waals surface area contributed by atoms with E-state index in [0.29, 0.717) is 17.0 Å². The van der Waals surface area contributed by atoms with E-state index >= 15 is 0 Å². The summed E-state index contributed by atoms with van der Waals surface area (Å²) < 4.78 is 5.17. The number of carboxylic acids is 1. The molecule has 3 N–H and O–H groups in total. The number of aryl methyl sites for hydroxylation is 1. The minimum Gasteiger partial charge on any atom is -0.481 e. The van der Waals surface area contributed by atoms with Crippen molar-refractivity contribution in [1.82, 2.24) is 15.6 Å². The molecular formula is C16H16N4O4. The van der Waals surface area contributed by atoms with Gasteiger partial charge in [-0.25, -0.2) is 10.2 Å². The average molecular weight is 328 g/mol. The number of hydrazone groups is 1. The maximum atomic E-state index is 12.1. The molecule has 3 rings (SSSR count).